The fourth-order valence-corrected chi connectivity index (χ4v) is 0.829. The number of carbonyl (C=O) groups excluding carboxylic acids is 3. The molecule has 8 heteroatoms. The van der Waals surface area contributed by atoms with Gasteiger partial charge in [0.05, 0.1) is 6.61 Å². The van der Waals surface area contributed by atoms with Gasteiger partial charge in [0.2, 0.25) is 5.91 Å². The van der Waals surface area contributed by atoms with E-state index in [-0.39, 0.29) is 0 Å². The third kappa shape index (κ3) is 4.03. The first-order chi connectivity index (χ1) is 7.31. The standard InChI is InChI=1S/C8H13NO7/c1-3(11)9-8(16)7(15)6(14)5(13)4(12)2-10/h4-6,10,12-14H,2H2,1H3,(H,9,11,16)/t4-,5+,6+/m0/s1. The van der Waals surface area contributed by atoms with Crippen LogP contribution in [0.4, 0.5) is 0 Å². The number of nitrogens with one attached hydrogen (secondary N) is 1. The summed E-state index contributed by atoms with van der Waals surface area (Å²) in [5, 5.41) is 37.1. The van der Waals surface area contributed by atoms with Gasteiger partial charge in [-0.1, -0.05) is 0 Å². The summed E-state index contributed by atoms with van der Waals surface area (Å²) in [6.45, 7) is 0.0936. The molecule has 0 bridgehead atoms. The van der Waals surface area contributed by atoms with E-state index in [1.165, 1.54) is 0 Å². The first-order valence-corrected chi connectivity index (χ1v) is 4.32. The van der Waals surface area contributed by atoms with Crippen LogP contribution in [0.1, 0.15) is 6.92 Å². The number of rotatable bonds is 5. The summed E-state index contributed by atoms with van der Waals surface area (Å²) in [4.78, 5) is 32.4. The van der Waals surface area contributed by atoms with Gasteiger partial charge in [-0.25, -0.2) is 0 Å². The molecule has 16 heavy (non-hydrogen) atoms. The van der Waals surface area contributed by atoms with Gasteiger partial charge in [-0.3, -0.25) is 19.7 Å². The zero-order valence-corrected chi connectivity index (χ0v) is 8.45. The van der Waals surface area contributed by atoms with Crippen molar-refractivity contribution in [3.05, 3.63) is 0 Å². The zero-order valence-electron chi connectivity index (χ0n) is 8.45. The van der Waals surface area contributed by atoms with Crippen molar-refractivity contribution in [3.63, 3.8) is 0 Å². The van der Waals surface area contributed by atoms with Crippen molar-refractivity contribution in [2.75, 3.05) is 6.61 Å². The molecule has 0 aliphatic carbocycles. The minimum atomic E-state index is -2.21. The van der Waals surface area contributed by atoms with Gasteiger partial charge in [0.25, 0.3) is 11.7 Å². The van der Waals surface area contributed by atoms with E-state index in [4.69, 9.17) is 20.4 Å². The van der Waals surface area contributed by atoms with Crippen molar-refractivity contribution in [1.82, 2.24) is 5.32 Å². The van der Waals surface area contributed by atoms with Crippen molar-refractivity contribution < 1.29 is 34.8 Å². The highest BCUT2D eigenvalue weighted by molar-refractivity contribution is 6.40. The fraction of sp³-hybridized carbons (Fsp3) is 0.625. The molecule has 0 unspecified atom stereocenters. The van der Waals surface area contributed by atoms with Crippen LogP contribution in [0.2, 0.25) is 0 Å². The molecule has 0 aromatic heterocycles. The number of imide groups is 1. The van der Waals surface area contributed by atoms with E-state index in [1.807, 2.05) is 0 Å². The van der Waals surface area contributed by atoms with Crippen LogP contribution in [0.5, 0.6) is 0 Å². The van der Waals surface area contributed by atoms with E-state index in [1.54, 1.807) is 5.32 Å². The molecular formula is C8H13NO7. The number of hydrogen-bond donors (Lipinski definition) is 5. The third-order valence-corrected chi connectivity index (χ3v) is 1.69. The van der Waals surface area contributed by atoms with Gasteiger partial charge in [-0.05, 0) is 0 Å². The maximum atomic E-state index is 11.1. The van der Waals surface area contributed by atoms with Crippen molar-refractivity contribution in [2.45, 2.75) is 25.2 Å². The van der Waals surface area contributed by atoms with Gasteiger partial charge < -0.3 is 20.4 Å². The fourth-order valence-electron chi connectivity index (χ4n) is 0.829. The van der Waals surface area contributed by atoms with Crippen LogP contribution in [-0.4, -0.2) is 62.9 Å². The maximum absolute atomic E-state index is 11.1. The summed E-state index contributed by atoms with van der Waals surface area (Å²) in [7, 11) is 0. The number of ketones is 1. The number of carbonyl (C=O) groups is 3. The Hall–Kier alpha value is -1.35. The molecule has 0 aromatic carbocycles. The minimum Gasteiger partial charge on any atom is -0.394 e. The molecule has 5 N–H and O–H groups in total. The number of aliphatic hydroxyl groups is 4. The lowest BCUT2D eigenvalue weighted by Gasteiger charge is -2.19. The highest BCUT2D eigenvalue weighted by Crippen LogP contribution is 2.01. The molecule has 0 rings (SSSR count). The first kappa shape index (κ1) is 14.6. The van der Waals surface area contributed by atoms with E-state index < -0.39 is 42.5 Å². The Morgan fingerprint density at radius 3 is 2.06 bits per heavy atom. The normalized spacial score (nSPS) is 16.1. The van der Waals surface area contributed by atoms with Gasteiger partial charge in [-0.2, -0.15) is 0 Å². The summed E-state index contributed by atoms with van der Waals surface area (Å²) in [5.41, 5.74) is 0. The van der Waals surface area contributed by atoms with Gasteiger partial charge in [0.15, 0.2) is 6.10 Å². The molecule has 0 saturated carbocycles. The van der Waals surface area contributed by atoms with Crippen LogP contribution in [0.3, 0.4) is 0 Å². The number of hydrogen-bond acceptors (Lipinski definition) is 7. The summed E-state index contributed by atoms with van der Waals surface area (Å²) in [5.74, 6) is -3.68. The lowest BCUT2D eigenvalue weighted by Crippen LogP contribution is -2.49. The second kappa shape index (κ2) is 6.28. The summed E-state index contributed by atoms with van der Waals surface area (Å²) < 4.78 is 0. The highest BCUT2D eigenvalue weighted by Gasteiger charge is 2.33. The van der Waals surface area contributed by atoms with Gasteiger partial charge in [0.1, 0.15) is 12.2 Å². The molecule has 0 spiro atoms. The molecule has 0 fully saturated rings. The molecule has 8 nitrogen and oxygen atoms in total. The molecule has 3 atom stereocenters. The Balaban J connectivity index is 4.49. The third-order valence-electron chi connectivity index (χ3n) is 1.69. The monoisotopic (exact) mass is 235 g/mol. The summed E-state index contributed by atoms with van der Waals surface area (Å²) in [6, 6.07) is 0. The molecule has 0 aliphatic rings. The van der Waals surface area contributed by atoms with Gasteiger partial charge in [0, 0.05) is 6.92 Å². The lowest BCUT2D eigenvalue weighted by molar-refractivity contribution is -0.152. The molecular weight excluding hydrogens is 222 g/mol. The summed E-state index contributed by atoms with van der Waals surface area (Å²) >= 11 is 0. The molecule has 0 aliphatic heterocycles. The zero-order chi connectivity index (χ0) is 12.9. The molecule has 0 heterocycles. The van der Waals surface area contributed by atoms with Crippen molar-refractivity contribution in [1.29, 1.82) is 0 Å². The largest absolute Gasteiger partial charge is 0.394 e. The number of amides is 2. The smallest absolute Gasteiger partial charge is 0.296 e. The second-order valence-electron chi connectivity index (χ2n) is 3.06. The van der Waals surface area contributed by atoms with Crippen LogP contribution in [0.15, 0.2) is 0 Å². The van der Waals surface area contributed by atoms with E-state index in [0.717, 1.165) is 6.92 Å². The van der Waals surface area contributed by atoms with E-state index in [0.29, 0.717) is 0 Å². The average molecular weight is 235 g/mol. The van der Waals surface area contributed by atoms with Crippen LogP contribution >= 0.6 is 0 Å². The van der Waals surface area contributed by atoms with Crippen LogP contribution in [0.25, 0.3) is 0 Å². The van der Waals surface area contributed by atoms with Crippen LogP contribution < -0.4 is 5.32 Å². The predicted molar refractivity (Wildman–Crippen MR) is 48.9 cm³/mol. The highest BCUT2D eigenvalue weighted by atomic mass is 16.4. The van der Waals surface area contributed by atoms with Crippen LogP contribution in [0, 0.1) is 0 Å². The Morgan fingerprint density at radius 1 is 1.19 bits per heavy atom. The van der Waals surface area contributed by atoms with Crippen LogP contribution in [-0.2, 0) is 14.4 Å². The summed E-state index contributed by atoms with van der Waals surface area (Å²) in [6.07, 6.45) is -5.97. The Kier molecular flexibility index (Phi) is 5.75. The molecule has 0 aromatic rings. The van der Waals surface area contributed by atoms with Crippen molar-refractivity contribution >= 4 is 17.6 Å². The van der Waals surface area contributed by atoms with Crippen molar-refractivity contribution in [2.24, 2.45) is 0 Å². The van der Waals surface area contributed by atoms with E-state index >= 15 is 0 Å². The lowest BCUT2D eigenvalue weighted by atomic mass is 10.0. The predicted octanol–water partition coefficient (Wildman–Crippen LogP) is -3.71. The van der Waals surface area contributed by atoms with E-state index in [9.17, 15) is 14.4 Å². The number of Topliss-reactive ketones (excluding diaryl/α,β-unsaturated/α-hetero) is 1. The quantitative estimate of drug-likeness (QED) is 0.308. The molecule has 2 amide bonds. The van der Waals surface area contributed by atoms with E-state index in [2.05, 4.69) is 0 Å². The molecule has 0 radical (unpaired) electrons. The Morgan fingerprint density at radius 2 is 1.69 bits per heavy atom. The molecule has 92 valence electrons. The van der Waals surface area contributed by atoms with Gasteiger partial charge in [-0.15, -0.1) is 0 Å². The average Bonchev–Trinajstić information content (AvgIpc) is 2.23. The maximum Gasteiger partial charge on any atom is 0.296 e. The first-order valence-electron chi connectivity index (χ1n) is 4.32. The van der Waals surface area contributed by atoms with Gasteiger partial charge >= 0.3 is 0 Å². The van der Waals surface area contributed by atoms with Crippen molar-refractivity contribution in [3.8, 4) is 0 Å². The topological polar surface area (TPSA) is 144 Å². The number of aliphatic hydroxyl groups excluding tert-OH is 4. The second-order valence-corrected chi connectivity index (χ2v) is 3.06. The minimum absolute atomic E-state index is 0.803. The molecule has 0 saturated heterocycles. The Bertz CT molecular complexity index is 290. The Labute approximate surface area is 90.5 Å². The SMILES string of the molecule is CC(=O)NC(=O)C(=O)[C@H](O)[C@H](O)[C@@H](O)CO.